The molecule has 1 aliphatic rings. The number of nitrogens with zero attached hydrogens (tertiary/aromatic N) is 2. The van der Waals surface area contributed by atoms with Crippen LogP contribution in [-0.2, 0) is 22.6 Å². The van der Waals surface area contributed by atoms with Gasteiger partial charge in [0.05, 0.1) is 23.7 Å². The summed E-state index contributed by atoms with van der Waals surface area (Å²) in [6, 6.07) is 9.07. The fourth-order valence-corrected chi connectivity index (χ4v) is 4.87. The Hall–Kier alpha value is -3.21. The van der Waals surface area contributed by atoms with Crippen LogP contribution in [0.1, 0.15) is 34.6 Å². The Kier molecular flexibility index (Phi) is 6.24. The van der Waals surface area contributed by atoms with Crippen LogP contribution in [-0.4, -0.2) is 31.7 Å². The standard InChI is InChI=1S/C22H19F4N3O3S/c23-8-5-14-11-15(22(24,25)26)1-3-17(14)18-7-10-32-20-12-16(2-4-19(18)20)33(30,31)29-21-6-9-27-13-28-21/h1-4,6,9,11-13,18H,5,7-8,10H2,(H,27,28,29). The minimum Gasteiger partial charge on any atom is -0.493 e. The molecule has 33 heavy (non-hydrogen) atoms. The quantitative estimate of drug-likeness (QED) is 0.515. The predicted octanol–water partition coefficient (Wildman–Crippen LogP) is 4.72. The normalized spacial score (nSPS) is 16.1. The van der Waals surface area contributed by atoms with E-state index in [4.69, 9.17) is 4.74 Å². The van der Waals surface area contributed by atoms with Crippen molar-refractivity contribution in [3.8, 4) is 5.75 Å². The molecular weight excluding hydrogens is 462 g/mol. The van der Waals surface area contributed by atoms with Crippen molar-refractivity contribution in [2.24, 2.45) is 0 Å². The average Bonchev–Trinajstić information content (AvgIpc) is 2.78. The smallest absolute Gasteiger partial charge is 0.416 e. The van der Waals surface area contributed by atoms with E-state index < -0.39 is 28.4 Å². The van der Waals surface area contributed by atoms with Gasteiger partial charge in [-0.2, -0.15) is 13.2 Å². The Morgan fingerprint density at radius 1 is 1.09 bits per heavy atom. The number of aromatic nitrogens is 2. The van der Waals surface area contributed by atoms with Crippen LogP contribution in [0.3, 0.4) is 0 Å². The van der Waals surface area contributed by atoms with Crippen molar-refractivity contribution >= 4 is 15.8 Å². The van der Waals surface area contributed by atoms with Crippen LogP contribution in [0.15, 0.2) is 59.9 Å². The van der Waals surface area contributed by atoms with Crippen molar-refractivity contribution in [2.75, 3.05) is 18.0 Å². The van der Waals surface area contributed by atoms with Crippen molar-refractivity contribution in [3.63, 3.8) is 0 Å². The lowest BCUT2D eigenvalue weighted by molar-refractivity contribution is -0.137. The molecule has 0 aliphatic carbocycles. The molecule has 0 saturated carbocycles. The number of rotatable bonds is 6. The van der Waals surface area contributed by atoms with E-state index in [9.17, 15) is 26.0 Å². The molecule has 1 aliphatic heterocycles. The Balaban J connectivity index is 1.69. The second kappa shape index (κ2) is 8.97. The zero-order chi connectivity index (χ0) is 23.6. The molecule has 174 valence electrons. The van der Waals surface area contributed by atoms with Gasteiger partial charge >= 0.3 is 6.18 Å². The van der Waals surface area contributed by atoms with Gasteiger partial charge in [0.25, 0.3) is 10.0 Å². The number of fused-ring (bicyclic) bond motifs is 1. The van der Waals surface area contributed by atoms with Gasteiger partial charge in [0.1, 0.15) is 17.9 Å². The number of nitrogens with one attached hydrogen (secondary N) is 1. The highest BCUT2D eigenvalue weighted by Crippen LogP contribution is 2.42. The molecule has 0 fully saturated rings. The summed E-state index contributed by atoms with van der Waals surface area (Å²) in [6.45, 7) is -0.563. The second-order valence-corrected chi connectivity index (χ2v) is 9.12. The van der Waals surface area contributed by atoms with E-state index in [1.54, 1.807) is 6.07 Å². The number of hydrogen-bond acceptors (Lipinski definition) is 5. The molecule has 0 spiro atoms. The number of anilines is 1. The van der Waals surface area contributed by atoms with Gasteiger partial charge in [-0.1, -0.05) is 12.1 Å². The van der Waals surface area contributed by atoms with Crippen LogP contribution in [0.5, 0.6) is 5.75 Å². The van der Waals surface area contributed by atoms with Crippen molar-refractivity contribution in [3.05, 3.63) is 77.2 Å². The molecule has 0 amide bonds. The first-order valence-electron chi connectivity index (χ1n) is 10.0. The van der Waals surface area contributed by atoms with Crippen LogP contribution in [0.4, 0.5) is 23.4 Å². The van der Waals surface area contributed by atoms with Crippen LogP contribution < -0.4 is 9.46 Å². The van der Waals surface area contributed by atoms with Gasteiger partial charge in [0, 0.05) is 30.2 Å². The highest BCUT2D eigenvalue weighted by atomic mass is 32.2. The lowest BCUT2D eigenvalue weighted by Crippen LogP contribution is -2.19. The second-order valence-electron chi connectivity index (χ2n) is 7.44. The molecule has 11 heteroatoms. The molecule has 2 heterocycles. The molecule has 1 unspecified atom stereocenters. The summed E-state index contributed by atoms with van der Waals surface area (Å²) in [5, 5.41) is 0. The van der Waals surface area contributed by atoms with Gasteiger partial charge in [0.15, 0.2) is 0 Å². The summed E-state index contributed by atoms with van der Waals surface area (Å²) in [4.78, 5) is 7.51. The van der Waals surface area contributed by atoms with E-state index in [1.807, 2.05) is 0 Å². The van der Waals surface area contributed by atoms with E-state index in [-0.39, 0.29) is 35.2 Å². The SMILES string of the molecule is O=S(=O)(Nc1ccncn1)c1ccc2c(c1)OCCC2c1ccc(C(F)(F)F)cc1CCF. The summed E-state index contributed by atoms with van der Waals surface area (Å²) in [5.41, 5.74) is 0.633. The summed E-state index contributed by atoms with van der Waals surface area (Å²) in [6.07, 6.45) is -1.62. The van der Waals surface area contributed by atoms with Crippen LogP contribution >= 0.6 is 0 Å². The van der Waals surface area contributed by atoms with Crippen molar-refractivity contribution in [1.82, 2.24) is 9.97 Å². The minimum absolute atomic E-state index is 0.0584. The van der Waals surface area contributed by atoms with Gasteiger partial charge in [-0.05, 0) is 41.8 Å². The highest BCUT2D eigenvalue weighted by molar-refractivity contribution is 7.92. The number of aryl methyl sites for hydroxylation is 1. The van der Waals surface area contributed by atoms with Gasteiger partial charge in [-0.25, -0.2) is 18.4 Å². The van der Waals surface area contributed by atoms with Crippen molar-refractivity contribution < 1.29 is 30.7 Å². The molecule has 1 aromatic heterocycles. The Morgan fingerprint density at radius 3 is 2.58 bits per heavy atom. The lowest BCUT2D eigenvalue weighted by atomic mass is 9.83. The number of halogens is 4. The molecule has 0 radical (unpaired) electrons. The number of alkyl halides is 4. The first kappa shape index (κ1) is 23.0. The maximum atomic E-state index is 13.1. The third-order valence-corrected chi connectivity index (χ3v) is 6.72. The maximum absolute atomic E-state index is 13.1. The largest absolute Gasteiger partial charge is 0.493 e. The third-order valence-electron chi connectivity index (χ3n) is 5.37. The van der Waals surface area contributed by atoms with Gasteiger partial charge < -0.3 is 4.74 Å². The molecule has 6 nitrogen and oxygen atoms in total. The van der Waals surface area contributed by atoms with E-state index in [0.29, 0.717) is 23.3 Å². The maximum Gasteiger partial charge on any atom is 0.416 e. The first-order chi connectivity index (χ1) is 15.7. The van der Waals surface area contributed by atoms with E-state index in [1.165, 1.54) is 36.8 Å². The minimum atomic E-state index is -4.53. The fourth-order valence-electron chi connectivity index (χ4n) is 3.85. The Morgan fingerprint density at radius 2 is 1.88 bits per heavy atom. The summed E-state index contributed by atoms with van der Waals surface area (Å²) >= 11 is 0. The molecule has 3 aromatic rings. The van der Waals surface area contributed by atoms with Crippen LogP contribution in [0.25, 0.3) is 0 Å². The molecule has 1 N–H and O–H groups in total. The summed E-state index contributed by atoms with van der Waals surface area (Å²) in [5.74, 6) is 0.0502. The monoisotopic (exact) mass is 481 g/mol. The first-order valence-corrected chi connectivity index (χ1v) is 11.5. The highest BCUT2D eigenvalue weighted by Gasteiger charge is 2.33. The third kappa shape index (κ3) is 4.92. The lowest BCUT2D eigenvalue weighted by Gasteiger charge is -2.28. The predicted molar refractivity (Wildman–Crippen MR) is 112 cm³/mol. The Labute approximate surface area is 187 Å². The van der Waals surface area contributed by atoms with Crippen molar-refractivity contribution in [2.45, 2.75) is 29.8 Å². The summed E-state index contributed by atoms with van der Waals surface area (Å²) in [7, 11) is -3.96. The van der Waals surface area contributed by atoms with E-state index in [0.717, 1.165) is 12.1 Å². The van der Waals surface area contributed by atoms with Crippen LogP contribution in [0.2, 0.25) is 0 Å². The topological polar surface area (TPSA) is 81.2 Å². The van der Waals surface area contributed by atoms with E-state index in [2.05, 4.69) is 14.7 Å². The number of hydrogen-bond donors (Lipinski definition) is 1. The molecule has 4 rings (SSSR count). The van der Waals surface area contributed by atoms with Gasteiger partial charge in [-0.3, -0.25) is 9.11 Å². The molecule has 0 saturated heterocycles. The van der Waals surface area contributed by atoms with Gasteiger partial charge in [-0.15, -0.1) is 0 Å². The van der Waals surface area contributed by atoms with Crippen molar-refractivity contribution in [1.29, 1.82) is 0 Å². The molecule has 0 bridgehead atoms. The molecular formula is C22H19F4N3O3S. The molecule has 1 atom stereocenters. The fraction of sp³-hybridized carbons (Fsp3) is 0.273. The Bertz CT molecular complexity index is 1250. The average molecular weight is 481 g/mol. The zero-order valence-corrected chi connectivity index (χ0v) is 18.0. The van der Waals surface area contributed by atoms with E-state index >= 15 is 0 Å². The van der Waals surface area contributed by atoms with Gasteiger partial charge in [0.2, 0.25) is 0 Å². The molecule has 2 aromatic carbocycles. The zero-order valence-electron chi connectivity index (χ0n) is 17.1. The number of sulfonamides is 1. The number of ether oxygens (including phenoxy) is 1. The summed E-state index contributed by atoms with van der Waals surface area (Å²) < 4.78 is 86.1. The van der Waals surface area contributed by atoms with Crippen LogP contribution in [0, 0.1) is 0 Å². The number of benzene rings is 2.